The molecular formula is C23H16ClN3O3. The molecular weight excluding hydrogens is 402 g/mol. The van der Waals surface area contributed by atoms with Crippen molar-refractivity contribution in [2.75, 3.05) is 10.6 Å². The Bertz CT molecular complexity index is 1190. The number of hydrogen-bond acceptors (Lipinski definition) is 4. The van der Waals surface area contributed by atoms with Gasteiger partial charge in [-0.3, -0.25) is 9.59 Å². The van der Waals surface area contributed by atoms with E-state index >= 15 is 0 Å². The molecule has 1 heterocycles. The molecule has 0 spiro atoms. The van der Waals surface area contributed by atoms with Crippen molar-refractivity contribution in [3.05, 3.63) is 101 Å². The highest BCUT2D eigenvalue weighted by molar-refractivity contribution is 6.34. The van der Waals surface area contributed by atoms with Gasteiger partial charge in [0.1, 0.15) is 0 Å². The lowest BCUT2D eigenvalue weighted by Gasteiger charge is -2.09. The number of nitrogens with zero attached hydrogens (tertiary/aromatic N) is 1. The molecule has 1 aromatic heterocycles. The van der Waals surface area contributed by atoms with Crippen LogP contribution in [0, 0.1) is 0 Å². The van der Waals surface area contributed by atoms with Crippen molar-refractivity contribution in [1.29, 1.82) is 0 Å². The van der Waals surface area contributed by atoms with Crippen molar-refractivity contribution in [3.63, 3.8) is 0 Å². The van der Waals surface area contributed by atoms with Crippen molar-refractivity contribution in [2.45, 2.75) is 0 Å². The second kappa shape index (κ2) is 8.63. The Morgan fingerprint density at radius 1 is 0.767 bits per heavy atom. The third-order valence-electron chi connectivity index (χ3n) is 4.30. The van der Waals surface area contributed by atoms with E-state index in [0.717, 1.165) is 5.56 Å². The summed E-state index contributed by atoms with van der Waals surface area (Å²) in [4.78, 5) is 25.1. The van der Waals surface area contributed by atoms with Gasteiger partial charge in [-0.1, -0.05) is 65.3 Å². The Morgan fingerprint density at radius 2 is 1.43 bits per heavy atom. The van der Waals surface area contributed by atoms with Gasteiger partial charge in [0, 0.05) is 23.0 Å². The summed E-state index contributed by atoms with van der Waals surface area (Å²) in [6, 6.07) is 24.6. The standard InChI is InChI=1S/C23H16ClN3O3/c24-19-12-11-17(13-18(19)22(28)25-16-9-5-2-6-10-16)26-23(29)20-14-21(30-27-20)15-7-3-1-4-8-15/h1-14H,(H,25,28)(H,26,29). The molecule has 4 rings (SSSR count). The molecule has 6 nitrogen and oxygen atoms in total. The molecule has 0 bridgehead atoms. The van der Waals surface area contributed by atoms with Gasteiger partial charge in [0.05, 0.1) is 10.6 Å². The third-order valence-corrected chi connectivity index (χ3v) is 4.63. The molecule has 2 N–H and O–H groups in total. The van der Waals surface area contributed by atoms with Gasteiger partial charge in [0.15, 0.2) is 11.5 Å². The lowest BCUT2D eigenvalue weighted by Crippen LogP contribution is -2.15. The molecule has 0 aliphatic rings. The molecule has 3 aromatic carbocycles. The molecule has 7 heteroatoms. The smallest absolute Gasteiger partial charge is 0.277 e. The van der Waals surface area contributed by atoms with E-state index in [1.807, 2.05) is 48.5 Å². The fourth-order valence-electron chi connectivity index (χ4n) is 2.81. The van der Waals surface area contributed by atoms with Crippen LogP contribution in [0.5, 0.6) is 0 Å². The van der Waals surface area contributed by atoms with Crippen LogP contribution >= 0.6 is 11.6 Å². The highest BCUT2D eigenvalue weighted by atomic mass is 35.5. The second-order valence-electron chi connectivity index (χ2n) is 6.41. The third kappa shape index (κ3) is 4.39. The molecule has 30 heavy (non-hydrogen) atoms. The highest BCUT2D eigenvalue weighted by Gasteiger charge is 2.16. The lowest BCUT2D eigenvalue weighted by molar-refractivity contribution is 0.101. The summed E-state index contributed by atoms with van der Waals surface area (Å²) in [6.07, 6.45) is 0. The van der Waals surface area contributed by atoms with E-state index < -0.39 is 5.91 Å². The Labute approximate surface area is 177 Å². The van der Waals surface area contributed by atoms with Crippen LogP contribution < -0.4 is 10.6 Å². The minimum atomic E-state index is -0.460. The van der Waals surface area contributed by atoms with Crippen LogP contribution in [0.2, 0.25) is 5.02 Å². The number of carbonyl (C=O) groups excluding carboxylic acids is 2. The fraction of sp³-hybridized carbons (Fsp3) is 0. The number of rotatable bonds is 5. The number of benzene rings is 3. The SMILES string of the molecule is O=C(Nc1ccc(Cl)c(C(=O)Nc2ccccc2)c1)c1cc(-c2ccccc2)on1. The molecule has 0 saturated heterocycles. The molecule has 0 saturated carbocycles. The largest absolute Gasteiger partial charge is 0.355 e. The minimum absolute atomic E-state index is 0.124. The van der Waals surface area contributed by atoms with Crippen molar-refractivity contribution in [3.8, 4) is 11.3 Å². The first-order chi connectivity index (χ1) is 14.6. The zero-order valence-electron chi connectivity index (χ0n) is 15.6. The van der Waals surface area contributed by atoms with Crippen LogP contribution in [0.1, 0.15) is 20.8 Å². The van der Waals surface area contributed by atoms with Gasteiger partial charge >= 0.3 is 0 Å². The molecule has 0 fully saturated rings. The van der Waals surface area contributed by atoms with Crippen LogP contribution in [0.3, 0.4) is 0 Å². The van der Waals surface area contributed by atoms with Crippen LogP contribution in [0.15, 0.2) is 89.5 Å². The Kier molecular flexibility index (Phi) is 5.59. The molecule has 2 amide bonds. The summed E-state index contributed by atoms with van der Waals surface area (Å²) in [5, 5.41) is 9.58. The van der Waals surface area contributed by atoms with E-state index in [0.29, 0.717) is 17.1 Å². The maximum Gasteiger partial charge on any atom is 0.277 e. The number of para-hydroxylation sites is 1. The number of aromatic nitrogens is 1. The topological polar surface area (TPSA) is 84.2 Å². The van der Waals surface area contributed by atoms with Crippen molar-refractivity contribution in [1.82, 2.24) is 5.16 Å². The normalized spacial score (nSPS) is 10.4. The van der Waals surface area contributed by atoms with E-state index in [1.165, 1.54) is 6.07 Å². The van der Waals surface area contributed by atoms with Gasteiger partial charge in [0.25, 0.3) is 11.8 Å². The van der Waals surface area contributed by atoms with Crippen LogP contribution in [0.25, 0.3) is 11.3 Å². The zero-order chi connectivity index (χ0) is 20.9. The Hall–Kier alpha value is -3.90. The van der Waals surface area contributed by atoms with Crippen molar-refractivity contribution in [2.24, 2.45) is 0 Å². The molecule has 0 radical (unpaired) electrons. The number of hydrogen-bond donors (Lipinski definition) is 2. The number of anilines is 2. The minimum Gasteiger partial charge on any atom is -0.355 e. The summed E-state index contributed by atoms with van der Waals surface area (Å²) >= 11 is 6.18. The summed E-state index contributed by atoms with van der Waals surface area (Å²) in [6.45, 7) is 0. The molecule has 0 unspecified atom stereocenters. The van der Waals surface area contributed by atoms with Gasteiger partial charge < -0.3 is 15.2 Å². The van der Waals surface area contributed by atoms with E-state index in [-0.39, 0.29) is 22.2 Å². The molecule has 4 aromatic rings. The van der Waals surface area contributed by atoms with Gasteiger partial charge in [-0.15, -0.1) is 0 Å². The van der Waals surface area contributed by atoms with Gasteiger partial charge in [-0.05, 0) is 30.3 Å². The van der Waals surface area contributed by atoms with Gasteiger partial charge in [0.2, 0.25) is 0 Å². The number of nitrogens with one attached hydrogen (secondary N) is 2. The predicted octanol–water partition coefficient (Wildman–Crippen LogP) is 5.50. The highest BCUT2D eigenvalue weighted by Crippen LogP contribution is 2.24. The molecule has 148 valence electrons. The first-order valence-electron chi connectivity index (χ1n) is 9.09. The summed E-state index contributed by atoms with van der Waals surface area (Å²) in [5.41, 5.74) is 2.23. The molecule has 0 atom stereocenters. The van der Waals surface area contributed by atoms with Gasteiger partial charge in [-0.25, -0.2) is 0 Å². The monoisotopic (exact) mass is 417 g/mol. The van der Waals surface area contributed by atoms with E-state index in [4.69, 9.17) is 16.1 Å². The number of amides is 2. The Morgan fingerprint density at radius 3 is 2.17 bits per heavy atom. The fourth-order valence-corrected chi connectivity index (χ4v) is 3.02. The molecule has 0 aliphatic heterocycles. The predicted molar refractivity (Wildman–Crippen MR) is 116 cm³/mol. The van der Waals surface area contributed by atoms with Crippen LogP contribution in [-0.2, 0) is 0 Å². The maximum absolute atomic E-state index is 12.6. The number of halogens is 1. The van der Waals surface area contributed by atoms with E-state index in [1.54, 1.807) is 30.3 Å². The quantitative estimate of drug-likeness (QED) is 0.449. The van der Waals surface area contributed by atoms with Crippen LogP contribution in [-0.4, -0.2) is 17.0 Å². The van der Waals surface area contributed by atoms with Gasteiger partial charge in [-0.2, -0.15) is 0 Å². The zero-order valence-corrected chi connectivity index (χ0v) is 16.4. The summed E-state index contributed by atoms with van der Waals surface area (Å²) in [5.74, 6) is -0.354. The lowest BCUT2D eigenvalue weighted by atomic mass is 10.1. The second-order valence-corrected chi connectivity index (χ2v) is 6.82. The van der Waals surface area contributed by atoms with E-state index in [9.17, 15) is 9.59 Å². The summed E-state index contributed by atoms with van der Waals surface area (Å²) < 4.78 is 5.26. The van der Waals surface area contributed by atoms with Crippen molar-refractivity contribution >= 4 is 34.8 Å². The maximum atomic E-state index is 12.6. The first-order valence-corrected chi connectivity index (χ1v) is 9.47. The average Bonchev–Trinajstić information content (AvgIpc) is 3.27. The molecule has 0 aliphatic carbocycles. The van der Waals surface area contributed by atoms with Crippen molar-refractivity contribution < 1.29 is 14.1 Å². The average molecular weight is 418 g/mol. The summed E-state index contributed by atoms with van der Waals surface area (Å²) in [7, 11) is 0. The van der Waals surface area contributed by atoms with Crippen LogP contribution in [0.4, 0.5) is 11.4 Å². The first kappa shape index (κ1) is 19.4. The van der Waals surface area contributed by atoms with E-state index in [2.05, 4.69) is 15.8 Å². The Balaban J connectivity index is 1.50. The number of carbonyl (C=O) groups is 2.